The summed E-state index contributed by atoms with van der Waals surface area (Å²) in [5.74, 6) is 0. The van der Waals surface area contributed by atoms with Gasteiger partial charge < -0.3 is 20.1 Å². The third-order valence-corrected chi connectivity index (χ3v) is 4.33. The van der Waals surface area contributed by atoms with Gasteiger partial charge in [-0.15, -0.1) is 0 Å². The first-order valence-corrected chi connectivity index (χ1v) is 8.52. The first kappa shape index (κ1) is 18.0. The molecule has 0 N–H and O–H groups in total. The number of hydrogen-bond donors (Lipinski definition) is 0. The van der Waals surface area contributed by atoms with Gasteiger partial charge in [0.05, 0.1) is 4.76 Å². The van der Waals surface area contributed by atoms with Crippen molar-refractivity contribution >= 4 is 0 Å². The minimum Gasteiger partial charge on any atom is -0.754 e. The molecule has 0 unspecified atom stereocenters. The van der Waals surface area contributed by atoms with Crippen LogP contribution in [0.15, 0.2) is 59.5 Å². The van der Waals surface area contributed by atoms with Gasteiger partial charge in [-0.25, -0.2) is 0 Å². The van der Waals surface area contributed by atoms with Crippen molar-refractivity contribution in [1.29, 1.82) is 0 Å². The molecule has 2 aliphatic rings. The number of allylic oxidation sites excluding steroid dienone is 4. The van der Waals surface area contributed by atoms with Crippen LogP contribution in [0.3, 0.4) is 0 Å². The molecule has 0 aromatic carbocycles. The van der Waals surface area contributed by atoms with Crippen molar-refractivity contribution in [1.82, 2.24) is 14.9 Å². The lowest BCUT2D eigenvalue weighted by Gasteiger charge is -2.33. The molecule has 0 fully saturated rings. The van der Waals surface area contributed by atoms with Crippen LogP contribution in [0.5, 0.6) is 0 Å². The van der Waals surface area contributed by atoms with Crippen LogP contribution in [-0.2, 0) is 0 Å². The molecule has 2 aliphatic heterocycles. The molecule has 0 radical (unpaired) electrons. The maximum Gasteiger partial charge on any atom is 0.287 e. The highest BCUT2D eigenvalue weighted by Gasteiger charge is 2.26. The van der Waals surface area contributed by atoms with Crippen LogP contribution in [0, 0.1) is 10.1 Å². The second-order valence-electron chi connectivity index (χ2n) is 5.54. The normalized spacial score (nSPS) is 20.2. The molecule has 24 heavy (non-hydrogen) atoms. The Morgan fingerprint density at radius 2 is 1.50 bits per heavy atom. The predicted octanol–water partition coefficient (Wildman–Crippen LogP) is 3.28. The molecule has 0 aromatic rings. The number of nitroso groups, excluding NO2 is 1. The fraction of sp³-hybridized carbons (Fsp3) is 0.444. The molecular formula is C18H26N4O2. The van der Waals surface area contributed by atoms with E-state index < -0.39 is 0 Å². The van der Waals surface area contributed by atoms with Crippen molar-refractivity contribution in [2.45, 2.75) is 27.7 Å². The van der Waals surface area contributed by atoms with E-state index in [9.17, 15) is 10.1 Å². The number of hydroxylamine groups is 2. The van der Waals surface area contributed by atoms with Crippen molar-refractivity contribution in [2.75, 3.05) is 26.2 Å². The third-order valence-electron chi connectivity index (χ3n) is 4.33. The zero-order valence-electron chi connectivity index (χ0n) is 14.9. The van der Waals surface area contributed by atoms with Crippen molar-refractivity contribution in [3.05, 3.63) is 69.6 Å². The summed E-state index contributed by atoms with van der Waals surface area (Å²) >= 11 is 0. The van der Waals surface area contributed by atoms with E-state index in [4.69, 9.17) is 0 Å². The quantitative estimate of drug-likeness (QED) is 0.700. The maximum atomic E-state index is 12.3. The smallest absolute Gasteiger partial charge is 0.287 e. The molecule has 0 aromatic heterocycles. The molecule has 0 saturated carbocycles. The van der Waals surface area contributed by atoms with Crippen LogP contribution in [0.1, 0.15) is 27.7 Å². The summed E-state index contributed by atoms with van der Waals surface area (Å²) in [6.07, 6.45) is 10.1. The Morgan fingerprint density at radius 1 is 0.958 bits per heavy atom. The Hall–Kier alpha value is -2.34. The molecule has 0 saturated heterocycles. The van der Waals surface area contributed by atoms with Gasteiger partial charge in [0.25, 0.3) is 5.70 Å². The predicted molar refractivity (Wildman–Crippen MR) is 96.1 cm³/mol. The van der Waals surface area contributed by atoms with Gasteiger partial charge in [0.2, 0.25) is 6.20 Å². The van der Waals surface area contributed by atoms with Crippen LogP contribution < -0.4 is 0 Å². The van der Waals surface area contributed by atoms with Crippen LogP contribution in [0.4, 0.5) is 0 Å². The number of hydrogen-bond acceptors (Lipinski definition) is 5. The minimum atomic E-state index is 0.364. The van der Waals surface area contributed by atoms with Gasteiger partial charge in [-0.1, -0.05) is 0 Å². The summed E-state index contributed by atoms with van der Waals surface area (Å²) in [6, 6.07) is 0. The molecule has 0 bridgehead atoms. The first-order chi connectivity index (χ1) is 11.5. The van der Waals surface area contributed by atoms with Crippen LogP contribution >= 0.6 is 0 Å². The number of rotatable bonds is 6. The van der Waals surface area contributed by atoms with E-state index in [0.717, 1.165) is 47.4 Å². The highest BCUT2D eigenvalue weighted by atomic mass is 16.5. The second kappa shape index (κ2) is 7.97. The summed E-state index contributed by atoms with van der Waals surface area (Å²) in [4.78, 5) is 16.6. The molecule has 130 valence electrons. The molecule has 0 aliphatic carbocycles. The van der Waals surface area contributed by atoms with E-state index in [1.54, 1.807) is 24.3 Å². The summed E-state index contributed by atoms with van der Waals surface area (Å²) < 4.78 is 0.753. The lowest BCUT2D eigenvalue weighted by atomic mass is 10.1. The second-order valence-corrected chi connectivity index (χ2v) is 5.54. The standard InChI is InChI=1S/C18H26N4O2/c1-5-19(6-2)15-9-11-21(23)17(13-15)18-14-16(10-12-22(18)24)20(7-3)8-4/h9-14H,5-8H2,1-4H3. The lowest BCUT2D eigenvalue weighted by molar-refractivity contribution is -0.421. The van der Waals surface area contributed by atoms with Crippen LogP contribution in [-0.4, -0.2) is 45.8 Å². The topological polar surface area (TPSA) is 52.9 Å². The molecule has 6 heteroatoms. The zero-order chi connectivity index (χ0) is 17.7. The average Bonchev–Trinajstić information content (AvgIpc) is 2.60. The van der Waals surface area contributed by atoms with Gasteiger partial charge in [-0.05, 0) is 46.0 Å². The van der Waals surface area contributed by atoms with E-state index in [0.29, 0.717) is 11.4 Å². The molecular weight excluding hydrogens is 304 g/mol. The van der Waals surface area contributed by atoms with Gasteiger partial charge in [0, 0.05) is 54.6 Å². The van der Waals surface area contributed by atoms with Gasteiger partial charge in [0.15, 0.2) is 0 Å². The fourth-order valence-corrected chi connectivity index (χ4v) is 2.90. The van der Waals surface area contributed by atoms with Crippen molar-refractivity contribution in [3.8, 4) is 0 Å². The van der Waals surface area contributed by atoms with Gasteiger partial charge in [0.1, 0.15) is 5.70 Å². The zero-order valence-corrected chi connectivity index (χ0v) is 14.9. The fourth-order valence-electron chi connectivity index (χ4n) is 2.90. The number of likely N-dealkylation sites (N-methyl/N-ethyl adjacent to an activating group) is 2. The highest BCUT2D eigenvalue weighted by Crippen LogP contribution is 2.26. The summed E-state index contributed by atoms with van der Waals surface area (Å²) in [5, 5.41) is 13.0. The van der Waals surface area contributed by atoms with Crippen molar-refractivity contribution < 1.29 is 4.76 Å². The Balaban J connectivity index is 2.48. The molecule has 0 atom stereocenters. The Labute approximate surface area is 143 Å². The van der Waals surface area contributed by atoms with E-state index in [-0.39, 0.29) is 0 Å². The number of nitrogens with zero attached hydrogens (tertiary/aromatic N) is 4. The molecule has 2 heterocycles. The van der Waals surface area contributed by atoms with E-state index in [1.165, 1.54) is 12.4 Å². The molecule has 0 spiro atoms. The monoisotopic (exact) mass is 330 g/mol. The molecule has 0 amide bonds. The first-order valence-electron chi connectivity index (χ1n) is 8.52. The van der Waals surface area contributed by atoms with Crippen molar-refractivity contribution in [2.24, 2.45) is 0 Å². The lowest BCUT2D eigenvalue weighted by Crippen LogP contribution is -2.27. The summed E-state index contributed by atoms with van der Waals surface area (Å²) in [7, 11) is 0. The summed E-state index contributed by atoms with van der Waals surface area (Å²) in [6.45, 7) is 11.6. The van der Waals surface area contributed by atoms with Gasteiger partial charge in [-0.3, -0.25) is 0 Å². The molecule has 2 rings (SSSR count). The van der Waals surface area contributed by atoms with Crippen molar-refractivity contribution in [3.63, 3.8) is 0 Å². The Bertz CT molecular complexity index is 635. The Kier molecular flexibility index (Phi) is 5.98. The third kappa shape index (κ3) is 3.59. The van der Waals surface area contributed by atoms with E-state index >= 15 is 0 Å². The van der Waals surface area contributed by atoms with Crippen LogP contribution in [0.25, 0.3) is 0 Å². The van der Waals surface area contributed by atoms with E-state index in [1.807, 2.05) is 0 Å². The minimum absolute atomic E-state index is 0.364. The molecule has 6 nitrogen and oxygen atoms in total. The maximum absolute atomic E-state index is 12.3. The van der Waals surface area contributed by atoms with E-state index in [2.05, 4.69) is 37.5 Å². The SMILES string of the molecule is CCN(CC)C1=CC(=C2C=C(N(CC)CC)C=C[N+]2=O)N([O-])C=C1. The van der Waals surface area contributed by atoms with Crippen LogP contribution in [0.2, 0.25) is 0 Å². The average molecular weight is 330 g/mol. The van der Waals surface area contributed by atoms with Gasteiger partial charge >= 0.3 is 0 Å². The Morgan fingerprint density at radius 3 is 2.04 bits per heavy atom. The summed E-state index contributed by atoms with van der Waals surface area (Å²) in [5.41, 5.74) is 2.61. The van der Waals surface area contributed by atoms with Gasteiger partial charge in [-0.2, -0.15) is 0 Å². The highest BCUT2D eigenvalue weighted by molar-refractivity contribution is 5.41. The largest absolute Gasteiger partial charge is 0.754 e.